The molecular weight excluding hydrogens is 276 g/mol. The molecule has 2 aromatic carbocycles. The smallest absolute Gasteiger partial charge is 0.344 e. The summed E-state index contributed by atoms with van der Waals surface area (Å²) in [5.41, 5.74) is 2.13. The first-order valence-electron chi connectivity index (χ1n) is 6.23. The number of carbonyl (C=O) groups excluding carboxylic acids is 1. The zero-order chi connectivity index (χ0) is 14.4. The van der Waals surface area contributed by atoms with E-state index in [9.17, 15) is 4.79 Å². The second-order valence-corrected chi connectivity index (χ2v) is 4.83. The summed E-state index contributed by atoms with van der Waals surface area (Å²) in [5, 5.41) is 0.624. The van der Waals surface area contributed by atoms with E-state index in [0.717, 1.165) is 5.56 Å². The molecule has 0 aliphatic rings. The van der Waals surface area contributed by atoms with Crippen molar-refractivity contribution < 1.29 is 14.3 Å². The number of rotatable bonds is 5. The lowest BCUT2D eigenvalue weighted by Gasteiger charge is -2.07. The maximum Gasteiger partial charge on any atom is 0.344 e. The Labute approximate surface area is 123 Å². The van der Waals surface area contributed by atoms with Crippen LogP contribution in [0.2, 0.25) is 5.02 Å². The van der Waals surface area contributed by atoms with E-state index in [1.54, 1.807) is 24.3 Å². The predicted molar refractivity (Wildman–Crippen MR) is 77.9 cm³/mol. The van der Waals surface area contributed by atoms with Crippen LogP contribution in [-0.2, 0) is 16.1 Å². The Balaban J connectivity index is 1.75. The Morgan fingerprint density at radius 1 is 1.05 bits per heavy atom. The molecule has 0 aromatic heterocycles. The van der Waals surface area contributed by atoms with Crippen molar-refractivity contribution in [2.45, 2.75) is 13.5 Å². The van der Waals surface area contributed by atoms with E-state index < -0.39 is 5.97 Å². The van der Waals surface area contributed by atoms with Gasteiger partial charge in [0.25, 0.3) is 0 Å². The molecule has 2 aromatic rings. The Morgan fingerprint density at radius 2 is 1.70 bits per heavy atom. The number of hydrogen-bond donors (Lipinski definition) is 0. The Hall–Kier alpha value is -2.00. The largest absolute Gasteiger partial charge is 0.482 e. The second kappa shape index (κ2) is 6.96. The third kappa shape index (κ3) is 4.59. The molecular formula is C16H15ClO3. The van der Waals surface area contributed by atoms with Gasteiger partial charge in [0.05, 0.1) is 0 Å². The van der Waals surface area contributed by atoms with E-state index in [4.69, 9.17) is 21.1 Å². The molecule has 4 heteroatoms. The molecule has 0 bridgehead atoms. The van der Waals surface area contributed by atoms with Crippen molar-refractivity contribution in [3.05, 3.63) is 64.7 Å². The molecule has 0 aliphatic heterocycles. The number of halogens is 1. The fourth-order valence-corrected chi connectivity index (χ4v) is 1.69. The normalized spacial score (nSPS) is 10.1. The van der Waals surface area contributed by atoms with Crippen LogP contribution in [0.25, 0.3) is 0 Å². The molecule has 3 nitrogen and oxygen atoms in total. The lowest BCUT2D eigenvalue weighted by atomic mass is 10.2. The maximum absolute atomic E-state index is 11.6. The minimum absolute atomic E-state index is 0.118. The molecule has 0 unspecified atom stereocenters. The average molecular weight is 291 g/mol. The first-order valence-corrected chi connectivity index (χ1v) is 6.61. The van der Waals surface area contributed by atoms with Gasteiger partial charge in [-0.05, 0) is 36.8 Å². The lowest BCUT2D eigenvalue weighted by Crippen LogP contribution is -2.14. The molecule has 0 N–H and O–H groups in total. The first kappa shape index (κ1) is 14.4. The van der Waals surface area contributed by atoms with Crippen molar-refractivity contribution in [1.82, 2.24) is 0 Å². The highest BCUT2D eigenvalue weighted by Gasteiger charge is 2.05. The van der Waals surface area contributed by atoms with Crippen LogP contribution in [0, 0.1) is 6.92 Å². The zero-order valence-electron chi connectivity index (χ0n) is 11.1. The highest BCUT2D eigenvalue weighted by molar-refractivity contribution is 6.30. The number of hydrogen-bond acceptors (Lipinski definition) is 3. The molecule has 0 radical (unpaired) electrons. The van der Waals surface area contributed by atoms with Gasteiger partial charge in [0.1, 0.15) is 12.4 Å². The summed E-state index contributed by atoms with van der Waals surface area (Å²) in [6.07, 6.45) is 0. The van der Waals surface area contributed by atoms with E-state index in [0.29, 0.717) is 10.8 Å². The summed E-state index contributed by atoms with van der Waals surface area (Å²) in [6.45, 7) is 2.15. The molecule has 0 aliphatic carbocycles. The SMILES string of the molecule is Cc1ccc(COC(=O)COc2ccc(Cl)cc2)cc1. The topological polar surface area (TPSA) is 35.5 Å². The highest BCUT2D eigenvalue weighted by atomic mass is 35.5. The monoisotopic (exact) mass is 290 g/mol. The minimum atomic E-state index is -0.402. The van der Waals surface area contributed by atoms with E-state index in [1.165, 1.54) is 5.56 Å². The van der Waals surface area contributed by atoms with E-state index in [1.807, 2.05) is 31.2 Å². The van der Waals surface area contributed by atoms with E-state index in [2.05, 4.69) is 0 Å². The van der Waals surface area contributed by atoms with Crippen molar-refractivity contribution in [2.75, 3.05) is 6.61 Å². The van der Waals surface area contributed by atoms with Crippen molar-refractivity contribution >= 4 is 17.6 Å². The maximum atomic E-state index is 11.6. The molecule has 0 saturated carbocycles. The Kier molecular flexibility index (Phi) is 5.02. The van der Waals surface area contributed by atoms with Gasteiger partial charge in [-0.2, -0.15) is 0 Å². The van der Waals surface area contributed by atoms with Gasteiger partial charge in [-0.25, -0.2) is 4.79 Å². The summed E-state index contributed by atoms with van der Waals surface area (Å²) in [5.74, 6) is 0.183. The molecule has 0 fully saturated rings. The van der Waals surface area contributed by atoms with E-state index in [-0.39, 0.29) is 13.2 Å². The molecule has 0 amide bonds. The van der Waals surface area contributed by atoms with Crippen LogP contribution < -0.4 is 4.74 Å². The number of aryl methyl sites for hydroxylation is 1. The van der Waals surface area contributed by atoms with Crippen LogP contribution in [-0.4, -0.2) is 12.6 Å². The highest BCUT2D eigenvalue weighted by Crippen LogP contribution is 2.15. The van der Waals surface area contributed by atoms with Gasteiger partial charge < -0.3 is 9.47 Å². The molecule has 2 rings (SSSR count). The number of carbonyl (C=O) groups is 1. The Bertz CT molecular complexity index is 510. The van der Waals surface area contributed by atoms with Gasteiger partial charge in [0.15, 0.2) is 6.61 Å². The van der Waals surface area contributed by atoms with Gasteiger partial charge in [-0.15, -0.1) is 0 Å². The second-order valence-electron chi connectivity index (χ2n) is 4.39. The molecule has 0 atom stereocenters. The number of ether oxygens (including phenoxy) is 2. The molecule has 0 spiro atoms. The molecule has 20 heavy (non-hydrogen) atoms. The quantitative estimate of drug-likeness (QED) is 0.786. The van der Waals surface area contributed by atoms with Gasteiger partial charge in [0.2, 0.25) is 0 Å². The van der Waals surface area contributed by atoms with Crippen LogP contribution in [0.5, 0.6) is 5.75 Å². The first-order chi connectivity index (χ1) is 9.63. The molecule has 0 heterocycles. The third-order valence-electron chi connectivity index (χ3n) is 2.69. The van der Waals surface area contributed by atoms with Gasteiger partial charge in [0, 0.05) is 5.02 Å². The van der Waals surface area contributed by atoms with Crippen LogP contribution in [0.4, 0.5) is 0 Å². The molecule has 0 saturated heterocycles. The van der Waals surface area contributed by atoms with Crippen molar-refractivity contribution in [1.29, 1.82) is 0 Å². The van der Waals surface area contributed by atoms with Crippen LogP contribution >= 0.6 is 11.6 Å². The summed E-state index contributed by atoms with van der Waals surface area (Å²) in [4.78, 5) is 11.6. The van der Waals surface area contributed by atoms with Crippen molar-refractivity contribution in [3.63, 3.8) is 0 Å². The van der Waals surface area contributed by atoms with Crippen LogP contribution in [0.15, 0.2) is 48.5 Å². The average Bonchev–Trinajstić information content (AvgIpc) is 2.46. The van der Waals surface area contributed by atoms with Gasteiger partial charge >= 0.3 is 5.97 Å². The summed E-state index contributed by atoms with van der Waals surface area (Å²) < 4.78 is 10.4. The zero-order valence-corrected chi connectivity index (χ0v) is 11.9. The summed E-state index contributed by atoms with van der Waals surface area (Å²) in [7, 11) is 0. The lowest BCUT2D eigenvalue weighted by molar-refractivity contribution is -0.147. The summed E-state index contributed by atoms with van der Waals surface area (Å²) in [6, 6.07) is 14.6. The predicted octanol–water partition coefficient (Wildman–Crippen LogP) is 3.77. The third-order valence-corrected chi connectivity index (χ3v) is 2.94. The van der Waals surface area contributed by atoms with Crippen LogP contribution in [0.3, 0.4) is 0 Å². The van der Waals surface area contributed by atoms with Gasteiger partial charge in [-0.1, -0.05) is 41.4 Å². The number of esters is 1. The van der Waals surface area contributed by atoms with Crippen molar-refractivity contribution in [3.8, 4) is 5.75 Å². The van der Waals surface area contributed by atoms with Crippen molar-refractivity contribution in [2.24, 2.45) is 0 Å². The number of benzene rings is 2. The standard InChI is InChI=1S/C16H15ClO3/c1-12-2-4-13(5-3-12)10-20-16(18)11-19-15-8-6-14(17)7-9-15/h2-9H,10-11H2,1H3. The minimum Gasteiger partial charge on any atom is -0.482 e. The fourth-order valence-electron chi connectivity index (χ4n) is 1.56. The molecule has 104 valence electrons. The van der Waals surface area contributed by atoms with Gasteiger partial charge in [-0.3, -0.25) is 0 Å². The summed E-state index contributed by atoms with van der Waals surface area (Å²) >= 11 is 5.76. The van der Waals surface area contributed by atoms with E-state index >= 15 is 0 Å². The fraction of sp³-hybridized carbons (Fsp3) is 0.188. The van der Waals surface area contributed by atoms with Crippen LogP contribution in [0.1, 0.15) is 11.1 Å². The Morgan fingerprint density at radius 3 is 2.35 bits per heavy atom.